The molecule has 4 heteroatoms. The lowest BCUT2D eigenvalue weighted by molar-refractivity contribution is -0.150. The van der Waals surface area contributed by atoms with E-state index in [0.717, 1.165) is 11.3 Å². The van der Waals surface area contributed by atoms with E-state index in [1.165, 1.54) is 13.2 Å². The Hall–Kier alpha value is -2.10. The second-order valence-electron chi connectivity index (χ2n) is 5.09. The first-order valence-corrected chi connectivity index (χ1v) is 6.72. The van der Waals surface area contributed by atoms with Gasteiger partial charge in [0.15, 0.2) is 5.78 Å². The Morgan fingerprint density at radius 1 is 1.35 bits per heavy atom. The summed E-state index contributed by atoms with van der Waals surface area (Å²) in [6.07, 6.45) is 2.21. The highest BCUT2D eigenvalue weighted by Crippen LogP contribution is 2.27. The average molecular weight is 273 g/mol. The van der Waals surface area contributed by atoms with Gasteiger partial charge in [0.2, 0.25) is 0 Å². The number of methoxy groups -OCH3 is 1. The third-order valence-electron chi connectivity index (χ3n) is 3.55. The Labute approximate surface area is 118 Å². The van der Waals surface area contributed by atoms with E-state index in [4.69, 9.17) is 0 Å². The standard InChI is InChI=1S/C16H19NO3/c1-11-8-13(9-14(18)15(11)16(19)20-2)17-10-12-6-4-3-5-7-12/h3-7,9,11,15,17H,8,10H2,1-2H3. The van der Waals surface area contributed by atoms with Crippen LogP contribution in [0.1, 0.15) is 18.9 Å². The van der Waals surface area contributed by atoms with Gasteiger partial charge in [-0.25, -0.2) is 0 Å². The maximum Gasteiger partial charge on any atom is 0.316 e. The molecule has 2 rings (SSSR count). The molecule has 1 aromatic rings. The molecule has 106 valence electrons. The molecule has 0 aromatic heterocycles. The Bertz CT molecular complexity index is 522. The summed E-state index contributed by atoms with van der Waals surface area (Å²) in [5, 5.41) is 3.26. The zero-order chi connectivity index (χ0) is 14.5. The molecule has 20 heavy (non-hydrogen) atoms. The van der Waals surface area contributed by atoms with Gasteiger partial charge in [0, 0.05) is 18.3 Å². The Kier molecular flexibility index (Phi) is 4.56. The van der Waals surface area contributed by atoms with E-state index < -0.39 is 11.9 Å². The van der Waals surface area contributed by atoms with Gasteiger partial charge in [0.05, 0.1) is 7.11 Å². The van der Waals surface area contributed by atoms with Crippen molar-refractivity contribution in [1.82, 2.24) is 5.32 Å². The Morgan fingerprint density at radius 3 is 2.65 bits per heavy atom. The van der Waals surface area contributed by atoms with Gasteiger partial charge in [-0.3, -0.25) is 9.59 Å². The summed E-state index contributed by atoms with van der Waals surface area (Å²) in [5.74, 6) is -1.33. The van der Waals surface area contributed by atoms with E-state index >= 15 is 0 Å². The van der Waals surface area contributed by atoms with Crippen molar-refractivity contribution in [2.45, 2.75) is 19.9 Å². The molecule has 1 N–H and O–H groups in total. The molecule has 0 spiro atoms. The topological polar surface area (TPSA) is 55.4 Å². The average Bonchev–Trinajstić information content (AvgIpc) is 2.45. The number of esters is 1. The molecule has 1 aromatic carbocycles. The molecular weight excluding hydrogens is 254 g/mol. The summed E-state index contributed by atoms with van der Waals surface area (Å²) >= 11 is 0. The van der Waals surface area contributed by atoms with Crippen molar-refractivity contribution in [3.8, 4) is 0 Å². The predicted molar refractivity (Wildman–Crippen MR) is 75.7 cm³/mol. The van der Waals surface area contributed by atoms with Crippen LogP contribution in [0.15, 0.2) is 42.1 Å². The van der Waals surface area contributed by atoms with Crippen LogP contribution >= 0.6 is 0 Å². The molecule has 2 atom stereocenters. The summed E-state index contributed by atoms with van der Waals surface area (Å²) in [6, 6.07) is 9.98. The van der Waals surface area contributed by atoms with Crippen LogP contribution in [0.4, 0.5) is 0 Å². The number of carbonyl (C=O) groups excluding carboxylic acids is 2. The Morgan fingerprint density at radius 2 is 2.05 bits per heavy atom. The monoisotopic (exact) mass is 273 g/mol. The zero-order valence-electron chi connectivity index (χ0n) is 11.8. The molecule has 0 aliphatic heterocycles. The van der Waals surface area contributed by atoms with E-state index in [0.29, 0.717) is 13.0 Å². The van der Waals surface area contributed by atoms with Crippen LogP contribution < -0.4 is 5.32 Å². The maximum atomic E-state index is 12.0. The summed E-state index contributed by atoms with van der Waals surface area (Å²) in [5.41, 5.74) is 2.04. The van der Waals surface area contributed by atoms with Crippen molar-refractivity contribution in [3.05, 3.63) is 47.7 Å². The number of allylic oxidation sites excluding steroid dienone is 2. The molecule has 0 saturated heterocycles. The maximum absolute atomic E-state index is 12.0. The first-order chi connectivity index (χ1) is 9.61. The summed E-state index contributed by atoms with van der Waals surface area (Å²) in [4.78, 5) is 23.6. The number of ether oxygens (including phenoxy) is 1. The van der Waals surface area contributed by atoms with Crippen LogP contribution in [0.3, 0.4) is 0 Å². The lowest BCUT2D eigenvalue weighted by atomic mass is 9.82. The largest absolute Gasteiger partial charge is 0.468 e. The van der Waals surface area contributed by atoms with Crippen molar-refractivity contribution < 1.29 is 14.3 Å². The molecule has 1 aliphatic carbocycles. The quantitative estimate of drug-likeness (QED) is 0.674. The van der Waals surface area contributed by atoms with Crippen LogP contribution in [0, 0.1) is 11.8 Å². The minimum atomic E-state index is -0.665. The van der Waals surface area contributed by atoms with Gasteiger partial charge in [-0.2, -0.15) is 0 Å². The van der Waals surface area contributed by atoms with Gasteiger partial charge in [-0.1, -0.05) is 37.3 Å². The third-order valence-corrected chi connectivity index (χ3v) is 3.55. The van der Waals surface area contributed by atoms with Crippen molar-refractivity contribution in [3.63, 3.8) is 0 Å². The van der Waals surface area contributed by atoms with Crippen molar-refractivity contribution in [2.24, 2.45) is 11.8 Å². The molecule has 0 heterocycles. The molecule has 0 fully saturated rings. The summed E-state index contributed by atoms with van der Waals surface area (Å²) in [6.45, 7) is 2.58. The van der Waals surface area contributed by atoms with Crippen molar-refractivity contribution in [2.75, 3.05) is 7.11 Å². The minimum Gasteiger partial charge on any atom is -0.468 e. The smallest absolute Gasteiger partial charge is 0.316 e. The summed E-state index contributed by atoms with van der Waals surface area (Å²) < 4.78 is 4.69. The molecule has 2 unspecified atom stereocenters. The fourth-order valence-corrected chi connectivity index (χ4v) is 2.48. The number of benzene rings is 1. The molecule has 0 saturated carbocycles. The number of carbonyl (C=O) groups is 2. The number of nitrogens with one attached hydrogen (secondary N) is 1. The van der Waals surface area contributed by atoms with E-state index in [9.17, 15) is 9.59 Å². The van der Waals surface area contributed by atoms with Crippen molar-refractivity contribution in [1.29, 1.82) is 0 Å². The Balaban J connectivity index is 2.01. The SMILES string of the molecule is COC(=O)C1C(=O)C=C(NCc2ccccc2)CC1C. The normalized spacial score (nSPS) is 22.1. The zero-order valence-corrected chi connectivity index (χ0v) is 11.8. The van der Waals surface area contributed by atoms with Gasteiger partial charge < -0.3 is 10.1 Å². The van der Waals surface area contributed by atoms with Crippen LogP contribution in [0.25, 0.3) is 0 Å². The lowest BCUT2D eigenvalue weighted by Gasteiger charge is -2.26. The van der Waals surface area contributed by atoms with Gasteiger partial charge >= 0.3 is 5.97 Å². The van der Waals surface area contributed by atoms with E-state index in [1.807, 2.05) is 37.3 Å². The van der Waals surface area contributed by atoms with Crippen LogP contribution in [-0.2, 0) is 20.9 Å². The second kappa shape index (κ2) is 6.37. The van der Waals surface area contributed by atoms with Gasteiger partial charge in [0.1, 0.15) is 5.92 Å². The van der Waals surface area contributed by atoms with E-state index in [-0.39, 0.29) is 11.7 Å². The summed E-state index contributed by atoms with van der Waals surface area (Å²) in [7, 11) is 1.31. The van der Waals surface area contributed by atoms with Crippen molar-refractivity contribution >= 4 is 11.8 Å². The van der Waals surface area contributed by atoms with Crippen LogP contribution in [-0.4, -0.2) is 18.9 Å². The first-order valence-electron chi connectivity index (χ1n) is 6.72. The highest BCUT2D eigenvalue weighted by Gasteiger charge is 2.35. The van der Waals surface area contributed by atoms with E-state index in [1.54, 1.807) is 0 Å². The first kappa shape index (κ1) is 14.3. The highest BCUT2D eigenvalue weighted by atomic mass is 16.5. The molecule has 0 amide bonds. The molecule has 1 aliphatic rings. The third kappa shape index (κ3) is 3.26. The fraction of sp³-hybridized carbons (Fsp3) is 0.375. The lowest BCUT2D eigenvalue weighted by Crippen LogP contribution is -2.35. The minimum absolute atomic E-state index is 0.0433. The number of rotatable bonds is 4. The number of hydrogen-bond donors (Lipinski definition) is 1. The highest BCUT2D eigenvalue weighted by molar-refractivity contribution is 6.06. The van der Waals surface area contributed by atoms with Gasteiger partial charge in [-0.15, -0.1) is 0 Å². The molecule has 0 bridgehead atoms. The van der Waals surface area contributed by atoms with E-state index in [2.05, 4.69) is 10.1 Å². The van der Waals surface area contributed by atoms with Gasteiger partial charge in [0.25, 0.3) is 0 Å². The molecule has 0 radical (unpaired) electrons. The number of ketones is 1. The molecular formula is C16H19NO3. The van der Waals surface area contributed by atoms with Gasteiger partial charge in [-0.05, 0) is 17.9 Å². The second-order valence-corrected chi connectivity index (χ2v) is 5.09. The number of hydrogen-bond acceptors (Lipinski definition) is 4. The predicted octanol–water partition coefficient (Wildman–Crippen LogP) is 2.06. The fourth-order valence-electron chi connectivity index (χ4n) is 2.48. The van der Waals surface area contributed by atoms with Crippen LogP contribution in [0.2, 0.25) is 0 Å². The molecule has 4 nitrogen and oxygen atoms in total. The van der Waals surface area contributed by atoms with Crippen LogP contribution in [0.5, 0.6) is 0 Å².